The van der Waals surface area contributed by atoms with E-state index in [0.717, 1.165) is 12.1 Å². The average molecular weight is 337 g/mol. The van der Waals surface area contributed by atoms with Crippen LogP contribution in [0.15, 0.2) is 34.1 Å². The molecular formula is C20H23N3O2. The van der Waals surface area contributed by atoms with Crippen molar-refractivity contribution >= 4 is 11.9 Å². The zero-order valence-corrected chi connectivity index (χ0v) is 15.1. The summed E-state index contributed by atoms with van der Waals surface area (Å²) in [5.74, 6) is -0.148. The maximum absolute atomic E-state index is 12.5. The molecule has 5 heteroatoms. The second-order valence-corrected chi connectivity index (χ2v) is 6.06. The number of pyridine rings is 1. The van der Waals surface area contributed by atoms with Crippen molar-refractivity contribution in [2.24, 2.45) is 4.99 Å². The maximum Gasteiger partial charge on any atom is 0.271 e. The number of nitrogens with zero attached hydrogens (tertiary/aromatic N) is 3. The molecule has 130 valence electrons. The molecule has 0 spiro atoms. The Morgan fingerprint density at radius 1 is 1.32 bits per heavy atom. The van der Waals surface area contributed by atoms with Gasteiger partial charge in [0.25, 0.3) is 5.56 Å². The minimum atomic E-state index is -0.462. The van der Waals surface area contributed by atoms with Crippen molar-refractivity contribution in [3.8, 4) is 11.9 Å². The minimum Gasteiger partial charge on any atom is -0.494 e. The lowest BCUT2D eigenvalue weighted by atomic mass is 10.0. The Morgan fingerprint density at radius 3 is 2.48 bits per heavy atom. The predicted octanol–water partition coefficient (Wildman–Crippen LogP) is 4.02. The van der Waals surface area contributed by atoms with Crippen molar-refractivity contribution in [3.05, 3.63) is 56.9 Å². The highest BCUT2D eigenvalue weighted by Crippen LogP contribution is 2.25. The molecular weight excluding hydrogens is 314 g/mol. The fourth-order valence-corrected chi connectivity index (χ4v) is 2.64. The summed E-state index contributed by atoms with van der Waals surface area (Å²) in [7, 11) is 0. The second-order valence-electron chi connectivity index (χ2n) is 6.06. The number of aliphatic imine (C=N–C) groups is 1. The molecule has 0 radical (unpaired) electrons. The first-order valence-electron chi connectivity index (χ1n) is 8.45. The molecule has 2 rings (SSSR count). The molecule has 1 unspecified atom stereocenters. The zero-order valence-electron chi connectivity index (χ0n) is 15.1. The molecule has 1 aromatic heterocycles. The SMILES string of the molecule is CCc1ccc(N=Cc2c(C)c(C#N)c(=O)n(C(C)CC)c2O)cc1. The fourth-order valence-electron chi connectivity index (χ4n) is 2.64. The van der Waals surface area contributed by atoms with E-state index >= 15 is 0 Å². The predicted molar refractivity (Wildman–Crippen MR) is 99.9 cm³/mol. The number of rotatable bonds is 5. The smallest absolute Gasteiger partial charge is 0.271 e. The van der Waals surface area contributed by atoms with E-state index in [1.165, 1.54) is 16.3 Å². The van der Waals surface area contributed by atoms with Crippen LogP contribution in [0, 0.1) is 18.3 Å². The molecule has 1 N–H and O–H groups in total. The van der Waals surface area contributed by atoms with Crippen LogP contribution in [0.3, 0.4) is 0 Å². The van der Waals surface area contributed by atoms with Gasteiger partial charge in [0.1, 0.15) is 11.6 Å². The van der Waals surface area contributed by atoms with Gasteiger partial charge in [-0.2, -0.15) is 5.26 Å². The van der Waals surface area contributed by atoms with Crippen LogP contribution in [0.2, 0.25) is 0 Å². The van der Waals surface area contributed by atoms with Gasteiger partial charge in [0.05, 0.1) is 11.3 Å². The number of hydrogen-bond acceptors (Lipinski definition) is 4. The quantitative estimate of drug-likeness (QED) is 0.837. The Balaban J connectivity index is 2.58. The summed E-state index contributed by atoms with van der Waals surface area (Å²) in [5, 5.41) is 19.9. The third-order valence-corrected chi connectivity index (χ3v) is 4.51. The number of aromatic hydroxyl groups is 1. The van der Waals surface area contributed by atoms with Crippen molar-refractivity contribution in [3.63, 3.8) is 0 Å². The van der Waals surface area contributed by atoms with Gasteiger partial charge in [-0.3, -0.25) is 14.4 Å². The molecule has 0 aliphatic heterocycles. The van der Waals surface area contributed by atoms with Crippen molar-refractivity contribution in [2.75, 3.05) is 0 Å². The summed E-state index contributed by atoms with van der Waals surface area (Å²) in [6, 6.07) is 9.55. The lowest BCUT2D eigenvalue weighted by Crippen LogP contribution is -2.27. The van der Waals surface area contributed by atoms with Crippen LogP contribution < -0.4 is 5.56 Å². The number of aromatic nitrogens is 1. The molecule has 0 amide bonds. The van der Waals surface area contributed by atoms with Crippen LogP contribution in [-0.4, -0.2) is 15.9 Å². The van der Waals surface area contributed by atoms with Gasteiger partial charge in [-0.05, 0) is 49.9 Å². The molecule has 1 heterocycles. The first kappa shape index (κ1) is 18.5. The van der Waals surface area contributed by atoms with Crippen molar-refractivity contribution in [1.82, 2.24) is 4.57 Å². The summed E-state index contributed by atoms with van der Waals surface area (Å²) in [5.41, 5.74) is 2.39. The fraction of sp³-hybridized carbons (Fsp3) is 0.350. The standard InChI is InChI=1S/C20H23N3O2/c1-5-13(3)23-19(24)17(11-21)14(4)18(20(23)25)12-22-16-9-7-15(6-2)8-10-16/h7-10,12-13,25H,5-6H2,1-4H3. The van der Waals surface area contributed by atoms with Gasteiger partial charge in [0.15, 0.2) is 0 Å². The van der Waals surface area contributed by atoms with Crippen molar-refractivity contribution in [1.29, 1.82) is 5.26 Å². The van der Waals surface area contributed by atoms with E-state index in [0.29, 0.717) is 17.5 Å². The van der Waals surface area contributed by atoms with E-state index in [2.05, 4.69) is 11.9 Å². The lowest BCUT2D eigenvalue weighted by molar-refractivity contribution is 0.372. The molecule has 1 atom stereocenters. The van der Waals surface area contributed by atoms with Gasteiger partial charge in [-0.15, -0.1) is 0 Å². The monoisotopic (exact) mass is 337 g/mol. The van der Waals surface area contributed by atoms with Gasteiger partial charge < -0.3 is 5.11 Å². The first-order valence-corrected chi connectivity index (χ1v) is 8.45. The van der Waals surface area contributed by atoms with E-state index in [4.69, 9.17) is 0 Å². The highest BCUT2D eigenvalue weighted by Gasteiger charge is 2.20. The third kappa shape index (κ3) is 3.63. The normalized spacial score (nSPS) is 12.3. The molecule has 0 fully saturated rings. The summed E-state index contributed by atoms with van der Waals surface area (Å²) in [6.07, 6.45) is 3.14. The van der Waals surface area contributed by atoms with Crippen molar-refractivity contribution in [2.45, 2.75) is 46.6 Å². The van der Waals surface area contributed by atoms with E-state index in [1.807, 2.05) is 44.2 Å². The van der Waals surface area contributed by atoms with E-state index in [-0.39, 0.29) is 17.5 Å². The number of benzene rings is 1. The van der Waals surface area contributed by atoms with Gasteiger partial charge in [-0.25, -0.2) is 0 Å². The molecule has 0 bridgehead atoms. The first-order chi connectivity index (χ1) is 11.9. The Labute approximate surface area is 147 Å². The third-order valence-electron chi connectivity index (χ3n) is 4.51. The Hall–Kier alpha value is -2.87. The number of nitriles is 1. The summed E-state index contributed by atoms with van der Waals surface area (Å²) >= 11 is 0. The number of hydrogen-bond donors (Lipinski definition) is 1. The van der Waals surface area contributed by atoms with Gasteiger partial charge in [0, 0.05) is 12.3 Å². The molecule has 25 heavy (non-hydrogen) atoms. The lowest BCUT2D eigenvalue weighted by Gasteiger charge is -2.18. The Morgan fingerprint density at radius 2 is 1.96 bits per heavy atom. The average Bonchev–Trinajstić information content (AvgIpc) is 2.62. The summed E-state index contributed by atoms with van der Waals surface area (Å²) < 4.78 is 1.27. The molecule has 1 aromatic carbocycles. The molecule has 0 aliphatic carbocycles. The van der Waals surface area contributed by atoms with Crippen LogP contribution in [0.25, 0.3) is 0 Å². The summed E-state index contributed by atoms with van der Waals surface area (Å²) in [4.78, 5) is 16.9. The highest BCUT2D eigenvalue weighted by molar-refractivity contribution is 5.87. The molecule has 0 saturated heterocycles. The Bertz CT molecular complexity index is 887. The van der Waals surface area contributed by atoms with Crippen LogP contribution >= 0.6 is 0 Å². The maximum atomic E-state index is 12.5. The van der Waals surface area contributed by atoms with Crippen molar-refractivity contribution < 1.29 is 5.11 Å². The number of aryl methyl sites for hydroxylation is 1. The molecule has 0 aliphatic rings. The van der Waals surface area contributed by atoms with Gasteiger partial charge in [0.2, 0.25) is 5.88 Å². The summed E-state index contributed by atoms with van der Waals surface area (Å²) in [6.45, 7) is 7.50. The van der Waals surface area contributed by atoms with E-state index in [9.17, 15) is 15.2 Å². The highest BCUT2D eigenvalue weighted by atomic mass is 16.3. The molecule has 5 nitrogen and oxygen atoms in total. The van der Waals surface area contributed by atoms with Crippen LogP contribution in [0.4, 0.5) is 5.69 Å². The van der Waals surface area contributed by atoms with Crippen LogP contribution in [0.1, 0.15) is 55.5 Å². The Kier molecular flexibility index (Phi) is 5.76. The van der Waals surface area contributed by atoms with Gasteiger partial charge >= 0.3 is 0 Å². The topological polar surface area (TPSA) is 78.4 Å². The largest absolute Gasteiger partial charge is 0.494 e. The molecule has 2 aromatic rings. The van der Waals surface area contributed by atoms with E-state index in [1.54, 1.807) is 6.92 Å². The van der Waals surface area contributed by atoms with E-state index < -0.39 is 5.56 Å². The second kappa shape index (κ2) is 7.80. The molecule has 0 saturated carbocycles. The van der Waals surface area contributed by atoms with Crippen LogP contribution in [-0.2, 0) is 6.42 Å². The zero-order chi connectivity index (χ0) is 18.6. The minimum absolute atomic E-state index is 0.0425. The van der Waals surface area contributed by atoms with Crippen LogP contribution in [0.5, 0.6) is 5.88 Å². The van der Waals surface area contributed by atoms with Gasteiger partial charge in [-0.1, -0.05) is 26.0 Å².